The van der Waals surface area contributed by atoms with Crippen LogP contribution < -0.4 is 0 Å². The normalized spacial score (nSPS) is 12.3. The third-order valence-electron chi connectivity index (χ3n) is 3.55. The molecule has 0 bridgehead atoms. The molecule has 1 heterocycles. The second kappa shape index (κ2) is 6.80. The lowest BCUT2D eigenvalue weighted by Gasteiger charge is -2.21. The Morgan fingerprint density at radius 2 is 2.14 bits per heavy atom. The summed E-state index contributed by atoms with van der Waals surface area (Å²) in [5.41, 5.74) is 3.59. The van der Waals surface area contributed by atoms with Crippen LogP contribution in [-0.2, 0) is 11.2 Å². The quantitative estimate of drug-likeness (QED) is 0.829. The van der Waals surface area contributed by atoms with Crippen LogP contribution in [0.1, 0.15) is 36.7 Å². The second-order valence-corrected chi connectivity index (χ2v) is 5.91. The molecule has 1 N–H and O–H groups in total. The van der Waals surface area contributed by atoms with Gasteiger partial charge in [-0.25, -0.2) is 4.98 Å². The average molecular weight is 304 g/mol. The molecule has 0 saturated heterocycles. The summed E-state index contributed by atoms with van der Waals surface area (Å²) in [6.45, 7) is 6.32. The largest absolute Gasteiger partial charge is 0.481 e. The zero-order chi connectivity index (χ0) is 15.4. The number of benzene rings is 1. The Labute approximate surface area is 129 Å². The highest BCUT2D eigenvalue weighted by Crippen LogP contribution is 2.29. The van der Waals surface area contributed by atoms with Crippen molar-refractivity contribution in [2.75, 3.05) is 5.75 Å². The van der Waals surface area contributed by atoms with Crippen LogP contribution in [0, 0.1) is 6.92 Å². The zero-order valence-corrected chi connectivity index (χ0v) is 13.4. The summed E-state index contributed by atoms with van der Waals surface area (Å²) in [7, 11) is 0. The van der Waals surface area contributed by atoms with Crippen LogP contribution in [-0.4, -0.2) is 26.4 Å². The summed E-state index contributed by atoms with van der Waals surface area (Å²) in [6.07, 6.45) is 2.72. The van der Waals surface area contributed by atoms with Crippen molar-refractivity contribution in [3.8, 4) is 0 Å². The van der Waals surface area contributed by atoms with Gasteiger partial charge in [0, 0.05) is 11.9 Å². The molecule has 112 valence electrons. The summed E-state index contributed by atoms with van der Waals surface area (Å²) in [4.78, 5) is 15.2. The highest BCUT2D eigenvalue weighted by Gasteiger charge is 2.18. The molecule has 0 aliphatic rings. The van der Waals surface area contributed by atoms with Crippen molar-refractivity contribution in [3.05, 3.63) is 47.3 Å². The second-order valence-electron chi connectivity index (χ2n) is 4.97. The van der Waals surface area contributed by atoms with E-state index in [0.29, 0.717) is 0 Å². The predicted octanol–water partition coefficient (Wildman–Crippen LogP) is 3.54. The minimum Gasteiger partial charge on any atom is -0.481 e. The Balaban J connectivity index is 2.39. The van der Waals surface area contributed by atoms with Crippen LogP contribution in [0.2, 0.25) is 0 Å². The van der Waals surface area contributed by atoms with Crippen molar-refractivity contribution in [3.63, 3.8) is 0 Å². The van der Waals surface area contributed by atoms with Gasteiger partial charge < -0.3 is 9.67 Å². The fraction of sp³-hybridized carbons (Fsp3) is 0.375. The summed E-state index contributed by atoms with van der Waals surface area (Å²) >= 11 is 1.27. The molecular formula is C16H20N2O2S. The summed E-state index contributed by atoms with van der Waals surface area (Å²) in [5, 5.41) is 9.64. The fourth-order valence-corrected chi connectivity index (χ4v) is 3.27. The summed E-state index contributed by atoms with van der Waals surface area (Å²) < 4.78 is 2.15. The number of aryl methyl sites for hydroxylation is 2. The van der Waals surface area contributed by atoms with E-state index in [0.717, 1.165) is 17.3 Å². The van der Waals surface area contributed by atoms with E-state index in [9.17, 15) is 4.79 Å². The SMILES string of the molecule is CCc1cnc(SCC(=O)O)n1C(C)c1ccccc1C. The van der Waals surface area contributed by atoms with Crippen LogP contribution in [0.25, 0.3) is 0 Å². The molecule has 0 fully saturated rings. The van der Waals surface area contributed by atoms with Crippen molar-refractivity contribution < 1.29 is 9.90 Å². The maximum Gasteiger partial charge on any atom is 0.313 e. The molecule has 1 unspecified atom stereocenters. The molecule has 21 heavy (non-hydrogen) atoms. The van der Waals surface area contributed by atoms with Crippen LogP contribution in [0.3, 0.4) is 0 Å². The smallest absolute Gasteiger partial charge is 0.313 e. The maximum absolute atomic E-state index is 10.8. The van der Waals surface area contributed by atoms with Crippen LogP contribution in [0.5, 0.6) is 0 Å². The molecular weight excluding hydrogens is 284 g/mol. The number of carboxylic acid groups (broad SMARTS) is 1. The number of carbonyl (C=O) groups is 1. The molecule has 0 amide bonds. The number of aliphatic carboxylic acids is 1. The van der Waals surface area contributed by atoms with E-state index in [-0.39, 0.29) is 11.8 Å². The molecule has 0 radical (unpaired) electrons. The van der Waals surface area contributed by atoms with Gasteiger partial charge in [-0.1, -0.05) is 43.0 Å². The highest BCUT2D eigenvalue weighted by molar-refractivity contribution is 7.99. The Hall–Kier alpha value is -1.75. The zero-order valence-electron chi connectivity index (χ0n) is 12.5. The van der Waals surface area contributed by atoms with E-state index in [1.807, 2.05) is 18.3 Å². The number of thioether (sulfide) groups is 1. The van der Waals surface area contributed by atoms with Gasteiger partial charge in [-0.3, -0.25) is 4.79 Å². The van der Waals surface area contributed by atoms with Crippen LogP contribution in [0.15, 0.2) is 35.6 Å². The fourth-order valence-electron chi connectivity index (χ4n) is 2.48. The molecule has 0 spiro atoms. The van der Waals surface area contributed by atoms with Gasteiger partial charge >= 0.3 is 5.97 Å². The molecule has 0 saturated carbocycles. The lowest BCUT2D eigenvalue weighted by Crippen LogP contribution is -2.13. The Kier molecular flexibility index (Phi) is 5.07. The first-order valence-corrected chi connectivity index (χ1v) is 7.99. The lowest BCUT2D eigenvalue weighted by molar-refractivity contribution is -0.133. The first-order chi connectivity index (χ1) is 10.0. The maximum atomic E-state index is 10.8. The van der Waals surface area contributed by atoms with E-state index >= 15 is 0 Å². The third kappa shape index (κ3) is 3.47. The number of carboxylic acids is 1. The third-order valence-corrected chi connectivity index (χ3v) is 4.50. The average Bonchev–Trinajstić information content (AvgIpc) is 2.87. The lowest BCUT2D eigenvalue weighted by atomic mass is 10.0. The number of imidazole rings is 1. The number of hydrogen-bond acceptors (Lipinski definition) is 3. The summed E-state index contributed by atoms with van der Waals surface area (Å²) in [6, 6.07) is 8.41. The van der Waals surface area contributed by atoms with Crippen molar-refractivity contribution in [2.45, 2.75) is 38.4 Å². The molecule has 4 nitrogen and oxygen atoms in total. The van der Waals surface area contributed by atoms with Gasteiger partial charge in [0.1, 0.15) is 0 Å². The number of hydrogen-bond donors (Lipinski definition) is 1. The number of aromatic nitrogens is 2. The van der Waals surface area contributed by atoms with Crippen LogP contribution in [0.4, 0.5) is 0 Å². The van der Waals surface area contributed by atoms with E-state index < -0.39 is 5.97 Å². The van der Waals surface area contributed by atoms with Gasteiger partial charge in [-0.15, -0.1) is 0 Å². The van der Waals surface area contributed by atoms with E-state index in [4.69, 9.17) is 5.11 Å². The molecule has 0 aliphatic heterocycles. The van der Waals surface area contributed by atoms with Crippen molar-refractivity contribution in [1.82, 2.24) is 9.55 Å². The van der Waals surface area contributed by atoms with Gasteiger partial charge in [0.2, 0.25) is 0 Å². The Morgan fingerprint density at radius 3 is 2.76 bits per heavy atom. The van der Waals surface area contributed by atoms with E-state index in [1.54, 1.807) is 0 Å². The van der Waals surface area contributed by atoms with Crippen LogP contribution >= 0.6 is 11.8 Å². The number of nitrogens with zero attached hydrogens (tertiary/aromatic N) is 2. The van der Waals surface area contributed by atoms with Gasteiger partial charge in [-0.05, 0) is 31.4 Å². The van der Waals surface area contributed by atoms with E-state index in [2.05, 4.69) is 42.5 Å². The molecule has 1 aromatic carbocycles. The minimum atomic E-state index is -0.823. The standard InChI is InChI=1S/C16H20N2O2S/c1-4-13-9-17-16(21-10-15(19)20)18(13)12(3)14-8-6-5-7-11(14)2/h5-9,12H,4,10H2,1-3H3,(H,19,20). The molecule has 5 heteroatoms. The van der Waals surface area contributed by atoms with Gasteiger partial charge in [0.15, 0.2) is 5.16 Å². The molecule has 0 aliphatic carbocycles. The van der Waals surface area contributed by atoms with E-state index in [1.165, 1.54) is 22.9 Å². The van der Waals surface area contributed by atoms with Crippen molar-refractivity contribution in [2.24, 2.45) is 0 Å². The highest BCUT2D eigenvalue weighted by atomic mass is 32.2. The van der Waals surface area contributed by atoms with Gasteiger partial charge in [0.25, 0.3) is 0 Å². The molecule has 2 rings (SSSR count). The van der Waals surface area contributed by atoms with Gasteiger partial charge in [0.05, 0.1) is 11.8 Å². The molecule has 1 aromatic heterocycles. The monoisotopic (exact) mass is 304 g/mol. The topological polar surface area (TPSA) is 55.1 Å². The van der Waals surface area contributed by atoms with Crippen molar-refractivity contribution >= 4 is 17.7 Å². The predicted molar refractivity (Wildman–Crippen MR) is 85.0 cm³/mol. The Bertz CT molecular complexity index is 637. The molecule has 1 atom stereocenters. The number of rotatable bonds is 6. The first kappa shape index (κ1) is 15.6. The summed E-state index contributed by atoms with van der Waals surface area (Å²) in [5.74, 6) is -0.795. The van der Waals surface area contributed by atoms with Crippen molar-refractivity contribution in [1.29, 1.82) is 0 Å². The molecule has 2 aromatic rings. The first-order valence-electron chi connectivity index (χ1n) is 7.00. The minimum absolute atomic E-state index is 0.0284. The Morgan fingerprint density at radius 1 is 1.43 bits per heavy atom. The van der Waals surface area contributed by atoms with Gasteiger partial charge in [-0.2, -0.15) is 0 Å².